The smallest absolute Gasteiger partial charge is 0.337 e. The molecule has 2 aromatic rings. The Balaban J connectivity index is 1.83. The van der Waals surface area contributed by atoms with Crippen molar-refractivity contribution < 1.29 is 19.1 Å². The number of amides is 1. The molecule has 1 aliphatic rings. The number of fused-ring (bicyclic) bond motifs is 1. The molecule has 0 bridgehead atoms. The van der Waals surface area contributed by atoms with Crippen LogP contribution in [0.3, 0.4) is 0 Å². The van der Waals surface area contributed by atoms with Crippen molar-refractivity contribution >= 4 is 23.5 Å². The van der Waals surface area contributed by atoms with Crippen molar-refractivity contribution in [3.63, 3.8) is 0 Å². The average molecular weight is 374 g/mol. The Morgan fingerprint density at radius 3 is 2.81 bits per heavy atom. The van der Waals surface area contributed by atoms with E-state index in [-0.39, 0.29) is 18.0 Å². The maximum Gasteiger partial charge on any atom is 0.337 e. The van der Waals surface area contributed by atoms with Crippen LogP contribution in [-0.4, -0.2) is 31.6 Å². The van der Waals surface area contributed by atoms with E-state index in [9.17, 15) is 9.59 Å². The molecule has 1 amide bonds. The Morgan fingerprint density at radius 1 is 1.27 bits per heavy atom. The number of ether oxygens (including phenoxy) is 2. The van der Waals surface area contributed by atoms with Gasteiger partial charge in [0.25, 0.3) is 0 Å². The molecule has 2 aromatic carbocycles. The number of rotatable bonds is 5. The number of hydrogen-bond acceptors (Lipinski definition) is 4. The highest BCUT2D eigenvalue weighted by Crippen LogP contribution is 2.39. The van der Waals surface area contributed by atoms with Crippen LogP contribution in [0.2, 0.25) is 5.02 Å². The van der Waals surface area contributed by atoms with E-state index in [1.54, 1.807) is 12.1 Å². The number of benzene rings is 2. The molecular formula is C20H20ClNO4. The zero-order valence-electron chi connectivity index (χ0n) is 14.7. The third-order valence-electron chi connectivity index (χ3n) is 4.32. The van der Waals surface area contributed by atoms with Crippen molar-refractivity contribution in [1.82, 2.24) is 5.32 Å². The zero-order valence-corrected chi connectivity index (χ0v) is 15.4. The molecule has 0 saturated heterocycles. The van der Waals surface area contributed by atoms with Crippen molar-refractivity contribution in [3.05, 3.63) is 52.5 Å². The van der Waals surface area contributed by atoms with E-state index >= 15 is 0 Å². The molecule has 0 spiro atoms. The molecule has 26 heavy (non-hydrogen) atoms. The van der Waals surface area contributed by atoms with Gasteiger partial charge >= 0.3 is 5.97 Å². The summed E-state index contributed by atoms with van der Waals surface area (Å²) in [5.74, 6) is 0.278. The van der Waals surface area contributed by atoms with Crippen molar-refractivity contribution in [2.45, 2.75) is 25.9 Å². The first-order chi connectivity index (χ1) is 12.5. The Hall–Kier alpha value is -2.53. The molecular weight excluding hydrogens is 354 g/mol. The molecule has 0 aliphatic carbocycles. The summed E-state index contributed by atoms with van der Waals surface area (Å²) in [7, 11) is 1.36. The van der Waals surface area contributed by atoms with Crippen LogP contribution < -0.4 is 10.1 Å². The lowest BCUT2D eigenvalue weighted by Crippen LogP contribution is -2.33. The summed E-state index contributed by atoms with van der Waals surface area (Å²) in [5.41, 5.74) is 3.26. The van der Waals surface area contributed by atoms with E-state index in [0.717, 1.165) is 16.7 Å². The molecule has 1 aliphatic heterocycles. The molecule has 1 atom stereocenters. The zero-order chi connectivity index (χ0) is 18.7. The SMILES string of the molecule is CCC(=O)NCC1Cc2cc(-c3cccc(C(=O)OC)c3)cc(Cl)c2O1. The molecule has 0 saturated carbocycles. The van der Waals surface area contributed by atoms with Crippen molar-refractivity contribution in [1.29, 1.82) is 0 Å². The summed E-state index contributed by atoms with van der Waals surface area (Å²) in [4.78, 5) is 23.2. The second-order valence-electron chi connectivity index (χ2n) is 6.12. The van der Waals surface area contributed by atoms with Gasteiger partial charge in [0.2, 0.25) is 5.91 Å². The van der Waals surface area contributed by atoms with Gasteiger partial charge in [0.05, 0.1) is 24.2 Å². The summed E-state index contributed by atoms with van der Waals surface area (Å²) >= 11 is 6.41. The van der Waals surface area contributed by atoms with Crippen LogP contribution in [0.5, 0.6) is 5.75 Å². The van der Waals surface area contributed by atoms with Crippen LogP contribution in [0.1, 0.15) is 29.3 Å². The minimum atomic E-state index is -0.380. The van der Waals surface area contributed by atoms with Crippen LogP contribution in [0.15, 0.2) is 36.4 Å². The molecule has 0 fully saturated rings. The van der Waals surface area contributed by atoms with Crippen molar-refractivity contribution in [3.8, 4) is 16.9 Å². The second kappa shape index (κ2) is 7.79. The Bertz CT molecular complexity index is 850. The van der Waals surface area contributed by atoms with Crippen LogP contribution in [0.25, 0.3) is 11.1 Å². The molecule has 1 unspecified atom stereocenters. The van der Waals surface area contributed by atoms with Gasteiger partial charge in [-0.15, -0.1) is 0 Å². The lowest BCUT2D eigenvalue weighted by atomic mass is 9.99. The minimum Gasteiger partial charge on any atom is -0.486 e. The quantitative estimate of drug-likeness (QED) is 0.813. The van der Waals surface area contributed by atoms with Crippen molar-refractivity contribution in [2.24, 2.45) is 0 Å². The maximum atomic E-state index is 11.7. The third kappa shape index (κ3) is 3.83. The fourth-order valence-corrected chi connectivity index (χ4v) is 3.25. The first-order valence-corrected chi connectivity index (χ1v) is 8.84. The summed E-state index contributed by atoms with van der Waals surface area (Å²) < 4.78 is 10.7. The number of nitrogens with one attached hydrogen (secondary N) is 1. The van der Waals surface area contributed by atoms with Gasteiger partial charge in [0, 0.05) is 18.4 Å². The van der Waals surface area contributed by atoms with Gasteiger partial charge < -0.3 is 14.8 Å². The highest BCUT2D eigenvalue weighted by Gasteiger charge is 2.26. The average Bonchev–Trinajstić information content (AvgIpc) is 3.09. The minimum absolute atomic E-state index is 0.00373. The predicted molar refractivity (Wildman–Crippen MR) is 99.6 cm³/mol. The largest absolute Gasteiger partial charge is 0.486 e. The molecule has 3 rings (SSSR count). The van der Waals surface area contributed by atoms with Gasteiger partial charge in [0.15, 0.2) is 0 Å². The maximum absolute atomic E-state index is 11.7. The molecule has 136 valence electrons. The summed E-state index contributed by atoms with van der Waals surface area (Å²) in [6, 6.07) is 11.0. The molecule has 6 heteroatoms. The van der Waals surface area contributed by atoms with Crippen LogP contribution in [0.4, 0.5) is 0 Å². The Kier molecular flexibility index (Phi) is 5.47. The predicted octanol–water partition coefficient (Wildman–Crippen LogP) is 3.62. The van der Waals surface area contributed by atoms with E-state index in [1.165, 1.54) is 7.11 Å². The van der Waals surface area contributed by atoms with Gasteiger partial charge in [-0.05, 0) is 35.4 Å². The van der Waals surface area contributed by atoms with Crippen molar-refractivity contribution in [2.75, 3.05) is 13.7 Å². The normalized spacial score (nSPS) is 15.1. The first kappa shape index (κ1) is 18.3. The van der Waals surface area contributed by atoms with Crippen LogP contribution >= 0.6 is 11.6 Å². The van der Waals surface area contributed by atoms with E-state index in [1.807, 2.05) is 31.2 Å². The molecule has 1 heterocycles. The highest BCUT2D eigenvalue weighted by molar-refractivity contribution is 6.32. The molecule has 0 aromatic heterocycles. The fraction of sp³-hybridized carbons (Fsp3) is 0.300. The van der Waals surface area contributed by atoms with E-state index in [4.69, 9.17) is 21.1 Å². The number of halogens is 1. The number of carbonyl (C=O) groups is 2. The summed E-state index contributed by atoms with van der Waals surface area (Å²) in [6.07, 6.45) is 0.986. The van der Waals surface area contributed by atoms with E-state index in [0.29, 0.717) is 35.7 Å². The monoisotopic (exact) mass is 373 g/mol. The van der Waals surface area contributed by atoms with Gasteiger partial charge in [-0.2, -0.15) is 0 Å². The third-order valence-corrected chi connectivity index (χ3v) is 4.60. The Morgan fingerprint density at radius 2 is 2.08 bits per heavy atom. The number of esters is 1. The molecule has 0 radical (unpaired) electrons. The lowest BCUT2D eigenvalue weighted by molar-refractivity contribution is -0.121. The highest BCUT2D eigenvalue weighted by atomic mass is 35.5. The summed E-state index contributed by atoms with van der Waals surface area (Å²) in [5, 5.41) is 3.36. The Labute approximate surface area is 157 Å². The van der Waals surface area contributed by atoms with Crippen LogP contribution in [-0.2, 0) is 16.0 Å². The number of methoxy groups -OCH3 is 1. The van der Waals surface area contributed by atoms with Gasteiger partial charge in [-0.1, -0.05) is 30.7 Å². The summed E-state index contributed by atoms with van der Waals surface area (Å²) in [6.45, 7) is 2.26. The van der Waals surface area contributed by atoms with Gasteiger partial charge in [-0.3, -0.25) is 4.79 Å². The topological polar surface area (TPSA) is 64.6 Å². The first-order valence-electron chi connectivity index (χ1n) is 8.46. The van der Waals surface area contributed by atoms with E-state index in [2.05, 4.69) is 5.32 Å². The number of carbonyl (C=O) groups excluding carboxylic acids is 2. The van der Waals surface area contributed by atoms with Gasteiger partial charge in [0.1, 0.15) is 11.9 Å². The lowest BCUT2D eigenvalue weighted by Gasteiger charge is -2.12. The standard InChI is InChI=1S/C20H20ClNO4/c1-3-18(23)22-11-16-9-15-8-14(10-17(21)19(15)26-16)12-5-4-6-13(7-12)20(24)25-2/h4-8,10,16H,3,9,11H2,1-2H3,(H,22,23). The van der Waals surface area contributed by atoms with E-state index < -0.39 is 0 Å². The fourth-order valence-electron chi connectivity index (χ4n) is 2.96. The van der Waals surface area contributed by atoms with Crippen LogP contribution in [0, 0.1) is 0 Å². The second-order valence-corrected chi connectivity index (χ2v) is 6.53. The van der Waals surface area contributed by atoms with Gasteiger partial charge in [-0.25, -0.2) is 4.79 Å². The number of hydrogen-bond donors (Lipinski definition) is 1. The molecule has 1 N–H and O–H groups in total. The molecule has 5 nitrogen and oxygen atoms in total.